The van der Waals surface area contributed by atoms with Gasteiger partial charge in [-0.1, -0.05) is 5.16 Å². The number of aliphatic hydroxyl groups is 1. The molecule has 0 aliphatic heterocycles. The van der Waals surface area contributed by atoms with Crippen molar-refractivity contribution in [2.24, 2.45) is 5.92 Å². The van der Waals surface area contributed by atoms with E-state index in [9.17, 15) is 9.90 Å². The molecule has 0 saturated heterocycles. The van der Waals surface area contributed by atoms with E-state index < -0.39 is 6.10 Å². The molecule has 1 amide bonds. The lowest BCUT2D eigenvalue weighted by molar-refractivity contribution is 0.0866. The van der Waals surface area contributed by atoms with Crippen LogP contribution in [0.2, 0.25) is 0 Å². The summed E-state index contributed by atoms with van der Waals surface area (Å²) in [5, 5.41) is 15.8. The number of amides is 1. The molecule has 0 spiro atoms. The summed E-state index contributed by atoms with van der Waals surface area (Å²) < 4.78 is 4.79. The number of aryl methyl sites for hydroxylation is 1. The zero-order chi connectivity index (χ0) is 10.8. The van der Waals surface area contributed by atoms with Crippen molar-refractivity contribution in [1.82, 2.24) is 10.5 Å². The van der Waals surface area contributed by atoms with Crippen LogP contribution in [0.15, 0.2) is 10.6 Å². The number of nitrogens with one attached hydrogen (secondary N) is 1. The minimum atomic E-state index is -0.432. The molecule has 1 aliphatic rings. The molecule has 15 heavy (non-hydrogen) atoms. The summed E-state index contributed by atoms with van der Waals surface area (Å²) in [6.45, 7) is 2.03. The van der Waals surface area contributed by atoms with Crippen LogP contribution in [0, 0.1) is 12.8 Å². The maximum absolute atomic E-state index is 11.4. The van der Waals surface area contributed by atoms with Crippen LogP contribution >= 0.6 is 0 Å². The second-order valence-corrected chi connectivity index (χ2v) is 3.95. The van der Waals surface area contributed by atoms with E-state index in [1.807, 2.05) is 0 Å². The molecule has 5 nitrogen and oxygen atoms in total. The third kappa shape index (κ3) is 2.56. The van der Waals surface area contributed by atoms with E-state index >= 15 is 0 Å². The molecule has 1 fully saturated rings. The highest BCUT2D eigenvalue weighted by Gasteiger charge is 2.29. The Morgan fingerprint density at radius 3 is 3.07 bits per heavy atom. The molecule has 1 heterocycles. The van der Waals surface area contributed by atoms with Crippen molar-refractivity contribution in [2.75, 3.05) is 6.54 Å². The summed E-state index contributed by atoms with van der Waals surface area (Å²) in [6.07, 6.45) is 1.68. The second kappa shape index (κ2) is 4.02. The Labute approximate surface area is 87.5 Å². The highest BCUT2D eigenvalue weighted by Crippen LogP contribution is 2.32. The quantitative estimate of drug-likeness (QED) is 0.758. The van der Waals surface area contributed by atoms with Gasteiger partial charge >= 0.3 is 0 Å². The summed E-state index contributed by atoms with van der Waals surface area (Å²) in [7, 11) is 0. The molecule has 1 aliphatic carbocycles. The minimum absolute atomic E-state index is 0.190. The molecule has 1 aromatic heterocycles. The van der Waals surface area contributed by atoms with Crippen LogP contribution in [0.1, 0.15) is 29.1 Å². The molecular formula is C10H14N2O3. The van der Waals surface area contributed by atoms with Crippen molar-refractivity contribution in [3.8, 4) is 0 Å². The Balaban J connectivity index is 1.81. The minimum Gasteiger partial charge on any atom is -0.391 e. The molecule has 82 valence electrons. The standard InChI is InChI=1S/C10H14N2O3/c1-6-4-9(15-12-6)10(14)11-5-8(13)7-2-3-7/h4,7-8,13H,2-3,5H2,1H3,(H,11,14). The van der Waals surface area contributed by atoms with E-state index in [-0.39, 0.29) is 18.2 Å². The average molecular weight is 210 g/mol. The van der Waals surface area contributed by atoms with Crippen LogP contribution in [-0.4, -0.2) is 28.8 Å². The van der Waals surface area contributed by atoms with Crippen LogP contribution in [-0.2, 0) is 0 Å². The first-order chi connectivity index (χ1) is 7.16. The van der Waals surface area contributed by atoms with E-state index in [2.05, 4.69) is 10.5 Å². The highest BCUT2D eigenvalue weighted by molar-refractivity contribution is 5.91. The predicted octanol–water partition coefficient (Wildman–Crippen LogP) is 0.484. The van der Waals surface area contributed by atoms with Crippen LogP contribution in [0.4, 0.5) is 0 Å². The van der Waals surface area contributed by atoms with Gasteiger partial charge in [-0.3, -0.25) is 4.79 Å². The molecule has 0 aromatic carbocycles. The lowest BCUT2D eigenvalue weighted by Crippen LogP contribution is -2.32. The first-order valence-corrected chi connectivity index (χ1v) is 5.06. The third-order valence-electron chi connectivity index (χ3n) is 2.49. The Bertz CT molecular complexity index is 357. The predicted molar refractivity (Wildman–Crippen MR) is 52.3 cm³/mol. The fraction of sp³-hybridized carbons (Fsp3) is 0.600. The Morgan fingerprint density at radius 1 is 1.80 bits per heavy atom. The van der Waals surface area contributed by atoms with Gasteiger partial charge in [0.1, 0.15) is 0 Å². The molecular weight excluding hydrogens is 196 g/mol. The number of aromatic nitrogens is 1. The largest absolute Gasteiger partial charge is 0.391 e. The van der Waals surface area contributed by atoms with Crippen molar-refractivity contribution < 1.29 is 14.4 Å². The fourth-order valence-electron chi connectivity index (χ4n) is 1.40. The van der Waals surface area contributed by atoms with Crippen molar-refractivity contribution in [3.63, 3.8) is 0 Å². The van der Waals surface area contributed by atoms with Crippen molar-refractivity contribution in [3.05, 3.63) is 17.5 Å². The normalized spacial score (nSPS) is 17.5. The molecule has 0 bridgehead atoms. The summed E-state index contributed by atoms with van der Waals surface area (Å²) in [5.74, 6) is 0.229. The summed E-state index contributed by atoms with van der Waals surface area (Å²) in [5.41, 5.74) is 0.669. The summed E-state index contributed by atoms with van der Waals surface area (Å²) in [6, 6.07) is 1.57. The van der Waals surface area contributed by atoms with E-state index in [0.717, 1.165) is 12.8 Å². The van der Waals surface area contributed by atoms with Gasteiger partial charge < -0.3 is 14.9 Å². The van der Waals surface area contributed by atoms with Crippen LogP contribution < -0.4 is 5.32 Å². The molecule has 2 N–H and O–H groups in total. The molecule has 1 atom stereocenters. The maximum Gasteiger partial charge on any atom is 0.289 e. The van der Waals surface area contributed by atoms with E-state index in [4.69, 9.17) is 4.52 Å². The van der Waals surface area contributed by atoms with Gasteiger partial charge in [0.15, 0.2) is 0 Å². The van der Waals surface area contributed by atoms with Crippen LogP contribution in [0.3, 0.4) is 0 Å². The van der Waals surface area contributed by atoms with E-state index in [0.29, 0.717) is 11.6 Å². The Hall–Kier alpha value is -1.36. The Morgan fingerprint density at radius 2 is 2.53 bits per heavy atom. The first kappa shape index (κ1) is 10.2. The molecule has 2 rings (SSSR count). The van der Waals surface area contributed by atoms with Crippen LogP contribution in [0.5, 0.6) is 0 Å². The third-order valence-corrected chi connectivity index (χ3v) is 2.49. The number of carbonyl (C=O) groups excluding carboxylic acids is 1. The molecule has 1 aromatic rings. The topological polar surface area (TPSA) is 75.4 Å². The first-order valence-electron chi connectivity index (χ1n) is 5.06. The van der Waals surface area contributed by atoms with Gasteiger partial charge in [0, 0.05) is 12.6 Å². The SMILES string of the molecule is Cc1cc(C(=O)NCC(O)C2CC2)on1. The monoisotopic (exact) mass is 210 g/mol. The van der Waals surface area contributed by atoms with Gasteiger partial charge in [0.05, 0.1) is 11.8 Å². The molecule has 1 unspecified atom stereocenters. The van der Waals surface area contributed by atoms with Crippen molar-refractivity contribution >= 4 is 5.91 Å². The van der Waals surface area contributed by atoms with Gasteiger partial charge in [0.25, 0.3) is 5.91 Å². The van der Waals surface area contributed by atoms with Gasteiger partial charge in [-0.2, -0.15) is 0 Å². The number of rotatable bonds is 4. The Kier molecular flexibility index (Phi) is 2.73. The maximum atomic E-state index is 11.4. The van der Waals surface area contributed by atoms with E-state index in [1.165, 1.54) is 0 Å². The smallest absolute Gasteiger partial charge is 0.289 e. The van der Waals surface area contributed by atoms with Crippen molar-refractivity contribution in [1.29, 1.82) is 0 Å². The fourth-order valence-corrected chi connectivity index (χ4v) is 1.40. The number of nitrogens with zero attached hydrogens (tertiary/aromatic N) is 1. The van der Waals surface area contributed by atoms with E-state index in [1.54, 1.807) is 13.0 Å². The molecule has 5 heteroatoms. The number of hydrogen-bond acceptors (Lipinski definition) is 4. The molecule has 1 saturated carbocycles. The van der Waals surface area contributed by atoms with Gasteiger partial charge in [0.2, 0.25) is 5.76 Å². The van der Waals surface area contributed by atoms with Gasteiger partial charge in [-0.25, -0.2) is 0 Å². The van der Waals surface area contributed by atoms with Crippen LogP contribution in [0.25, 0.3) is 0 Å². The lowest BCUT2D eigenvalue weighted by atomic mass is 10.2. The lowest BCUT2D eigenvalue weighted by Gasteiger charge is -2.08. The second-order valence-electron chi connectivity index (χ2n) is 3.95. The van der Waals surface area contributed by atoms with Gasteiger partial charge in [-0.05, 0) is 25.7 Å². The number of aliphatic hydroxyl groups excluding tert-OH is 1. The highest BCUT2D eigenvalue weighted by atomic mass is 16.5. The number of hydrogen-bond donors (Lipinski definition) is 2. The zero-order valence-corrected chi connectivity index (χ0v) is 8.56. The average Bonchev–Trinajstić information content (AvgIpc) is 2.97. The molecule has 0 radical (unpaired) electrons. The summed E-state index contributed by atoms with van der Waals surface area (Å²) in [4.78, 5) is 11.4. The zero-order valence-electron chi connectivity index (χ0n) is 8.56. The number of carbonyl (C=O) groups is 1. The summed E-state index contributed by atoms with van der Waals surface area (Å²) >= 11 is 0. The van der Waals surface area contributed by atoms with Crippen molar-refractivity contribution in [2.45, 2.75) is 25.9 Å². The van der Waals surface area contributed by atoms with Gasteiger partial charge in [-0.15, -0.1) is 0 Å².